The van der Waals surface area contributed by atoms with Gasteiger partial charge in [-0.15, -0.1) is 0 Å². The molecule has 1 aliphatic rings. The summed E-state index contributed by atoms with van der Waals surface area (Å²) in [5.41, 5.74) is 0. The van der Waals surface area contributed by atoms with Gasteiger partial charge in [-0.1, -0.05) is 6.92 Å². The smallest absolute Gasteiger partial charge is 0.0443 e. The van der Waals surface area contributed by atoms with Gasteiger partial charge >= 0.3 is 0 Å². The van der Waals surface area contributed by atoms with Crippen molar-refractivity contribution >= 4 is 11.8 Å². The molecular formula is C11H23NOS. The van der Waals surface area contributed by atoms with E-state index < -0.39 is 0 Å². The van der Waals surface area contributed by atoms with Gasteiger partial charge in [0.25, 0.3) is 0 Å². The third kappa shape index (κ3) is 3.79. The average molecular weight is 217 g/mol. The highest BCUT2D eigenvalue weighted by Gasteiger charge is 2.26. The molecule has 2 atom stereocenters. The van der Waals surface area contributed by atoms with Crippen LogP contribution < -0.4 is 0 Å². The van der Waals surface area contributed by atoms with Crippen LogP contribution >= 0.6 is 11.8 Å². The summed E-state index contributed by atoms with van der Waals surface area (Å²) in [7, 11) is 2.19. The molecule has 84 valence electrons. The lowest BCUT2D eigenvalue weighted by molar-refractivity contribution is 0.208. The zero-order chi connectivity index (χ0) is 10.4. The Balaban J connectivity index is 2.19. The Kier molecular flexibility index (Phi) is 5.90. The van der Waals surface area contributed by atoms with Crippen LogP contribution in [0.3, 0.4) is 0 Å². The van der Waals surface area contributed by atoms with E-state index in [1.807, 2.05) is 0 Å². The molecule has 3 heteroatoms. The molecule has 0 unspecified atom stereocenters. The Morgan fingerprint density at radius 2 is 2.21 bits per heavy atom. The fourth-order valence-electron chi connectivity index (χ4n) is 2.21. The molecule has 0 aliphatic heterocycles. The molecule has 1 aliphatic carbocycles. The zero-order valence-corrected chi connectivity index (χ0v) is 10.2. The summed E-state index contributed by atoms with van der Waals surface area (Å²) in [5, 5.41) is 9.65. The second-order valence-corrected chi connectivity index (χ2v) is 5.68. The molecule has 0 spiro atoms. The molecule has 0 aromatic heterocycles. The number of aliphatic hydroxyl groups excluding tert-OH is 1. The van der Waals surface area contributed by atoms with Crippen LogP contribution in [0.25, 0.3) is 0 Å². The Hall–Kier alpha value is 0.270. The van der Waals surface area contributed by atoms with Gasteiger partial charge in [-0.2, -0.15) is 11.8 Å². The van der Waals surface area contributed by atoms with Crippen LogP contribution in [0.15, 0.2) is 0 Å². The van der Waals surface area contributed by atoms with E-state index >= 15 is 0 Å². The van der Waals surface area contributed by atoms with E-state index in [0.29, 0.717) is 6.61 Å². The largest absolute Gasteiger partial charge is 0.396 e. The lowest BCUT2D eigenvalue weighted by Crippen LogP contribution is -2.31. The van der Waals surface area contributed by atoms with Crippen molar-refractivity contribution in [2.75, 3.05) is 26.0 Å². The van der Waals surface area contributed by atoms with E-state index in [1.165, 1.54) is 25.0 Å². The van der Waals surface area contributed by atoms with E-state index in [2.05, 4.69) is 30.6 Å². The van der Waals surface area contributed by atoms with Gasteiger partial charge in [0.05, 0.1) is 0 Å². The topological polar surface area (TPSA) is 23.5 Å². The second kappa shape index (κ2) is 6.70. The van der Waals surface area contributed by atoms with Crippen molar-refractivity contribution in [1.82, 2.24) is 4.90 Å². The minimum absolute atomic E-state index is 0.324. The van der Waals surface area contributed by atoms with Crippen LogP contribution in [0, 0.1) is 0 Å². The summed E-state index contributed by atoms with van der Waals surface area (Å²) >= 11 is 2.11. The van der Waals surface area contributed by atoms with Gasteiger partial charge in [0.1, 0.15) is 0 Å². The van der Waals surface area contributed by atoms with Crippen molar-refractivity contribution in [3.8, 4) is 0 Å². The number of nitrogens with zero attached hydrogens (tertiary/aromatic N) is 1. The van der Waals surface area contributed by atoms with Crippen LogP contribution in [0.5, 0.6) is 0 Å². The Morgan fingerprint density at radius 3 is 2.86 bits per heavy atom. The van der Waals surface area contributed by atoms with Gasteiger partial charge < -0.3 is 10.0 Å². The summed E-state index contributed by atoms with van der Waals surface area (Å²) in [6.07, 6.45) is 4.99. The quantitative estimate of drug-likeness (QED) is 0.736. The standard InChI is InChI=1S/C11H23NOS/c1-3-14-11-6-5-10(9-11)12(2)7-4-8-13/h10-11,13H,3-9H2,1-2H3/t10-,11-/m0/s1. The van der Waals surface area contributed by atoms with Crippen molar-refractivity contribution in [2.45, 2.75) is 43.9 Å². The summed E-state index contributed by atoms with van der Waals surface area (Å²) in [5.74, 6) is 1.25. The third-order valence-electron chi connectivity index (χ3n) is 3.05. The predicted molar refractivity (Wildman–Crippen MR) is 63.9 cm³/mol. The van der Waals surface area contributed by atoms with Crippen LogP contribution in [0.4, 0.5) is 0 Å². The van der Waals surface area contributed by atoms with Crippen molar-refractivity contribution in [3.63, 3.8) is 0 Å². The highest BCUT2D eigenvalue weighted by atomic mass is 32.2. The van der Waals surface area contributed by atoms with Gasteiger partial charge in [-0.25, -0.2) is 0 Å². The molecule has 0 heterocycles. The Bertz CT molecular complexity index is 154. The van der Waals surface area contributed by atoms with Crippen molar-refractivity contribution in [3.05, 3.63) is 0 Å². The molecule has 14 heavy (non-hydrogen) atoms. The average Bonchev–Trinajstić information content (AvgIpc) is 2.63. The fraction of sp³-hybridized carbons (Fsp3) is 1.00. The number of hydrogen-bond acceptors (Lipinski definition) is 3. The van der Waals surface area contributed by atoms with E-state index in [1.54, 1.807) is 0 Å². The summed E-state index contributed by atoms with van der Waals surface area (Å²) < 4.78 is 0. The van der Waals surface area contributed by atoms with E-state index in [-0.39, 0.29) is 0 Å². The maximum absolute atomic E-state index is 8.76. The number of rotatable bonds is 6. The zero-order valence-electron chi connectivity index (χ0n) is 9.41. The van der Waals surface area contributed by atoms with Gasteiger partial charge in [-0.3, -0.25) is 0 Å². The Morgan fingerprint density at radius 1 is 1.43 bits per heavy atom. The fourth-order valence-corrected chi connectivity index (χ4v) is 3.34. The molecule has 1 fully saturated rings. The molecule has 0 amide bonds. The van der Waals surface area contributed by atoms with Crippen molar-refractivity contribution in [2.24, 2.45) is 0 Å². The van der Waals surface area contributed by atoms with Gasteiger partial charge in [-0.05, 0) is 38.5 Å². The monoisotopic (exact) mass is 217 g/mol. The summed E-state index contributed by atoms with van der Waals surface area (Å²) in [6.45, 7) is 3.61. The molecule has 2 nitrogen and oxygen atoms in total. The molecule has 0 aromatic rings. The number of aliphatic hydroxyl groups is 1. The van der Waals surface area contributed by atoms with Crippen molar-refractivity contribution in [1.29, 1.82) is 0 Å². The predicted octanol–water partition coefficient (Wildman–Crippen LogP) is 1.97. The van der Waals surface area contributed by atoms with Crippen LogP contribution in [-0.2, 0) is 0 Å². The number of thioether (sulfide) groups is 1. The molecule has 0 radical (unpaired) electrons. The lowest BCUT2D eigenvalue weighted by Gasteiger charge is -2.23. The highest BCUT2D eigenvalue weighted by molar-refractivity contribution is 7.99. The molecule has 0 aromatic carbocycles. The first-order valence-corrected chi connectivity index (χ1v) is 6.75. The number of hydrogen-bond donors (Lipinski definition) is 1. The molecule has 1 saturated carbocycles. The maximum atomic E-state index is 8.76. The first kappa shape index (κ1) is 12.3. The van der Waals surface area contributed by atoms with Crippen LogP contribution in [0.2, 0.25) is 0 Å². The minimum atomic E-state index is 0.324. The molecule has 0 bridgehead atoms. The van der Waals surface area contributed by atoms with E-state index in [0.717, 1.165) is 24.3 Å². The van der Waals surface area contributed by atoms with Crippen LogP contribution in [-0.4, -0.2) is 47.3 Å². The SMILES string of the molecule is CCS[C@H]1CC[C@H](N(C)CCCO)C1. The van der Waals surface area contributed by atoms with Crippen molar-refractivity contribution < 1.29 is 5.11 Å². The minimum Gasteiger partial charge on any atom is -0.396 e. The lowest BCUT2D eigenvalue weighted by atomic mass is 10.2. The summed E-state index contributed by atoms with van der Waals surface area (Å²) in [4.78, 5) is 2.42. The van der Waals surface area contributed by atoms with Gasteiger partial charge in [0.2, 0.25) is 0 Å². The maximum Gasteiger partial charge on any atom is 0.0443 e. The van der Waals surface area contributed by atoms with E-state index in [9.17, 15) is 0 Å². The first-order valence-electron chi connectivity index (χ1n) is 5.70. The molecular weight excluding hydrogens is 194 g/mol. The van der Waals surface area contributed by atoms with Gasteiger partial charge in [0.15, 0.2) is 0 Å². The Labute approximate surface area is 92.1 Å². The highest BCUT2D eigenvalue weighted by Crippen LogP contribution is 2.32. The summed E-state index contributed by atoms with van der Waals surface area (Å²) in [6, 6.07) is 0.769. The molecule has 1 N–H and O–H groups in total. The third-order valence-corrected chi connectivity index (χ3v) is 4.28. The van der Waals surface area contributed by atoms with Crippen LogP contribution in [0.1, 0.15) is 32.6 Å². The van der Waals surface area contributed by atoms with E-state index in [4.69, 9.17) is 5.11 Å². The van der Waals surface area contributed by atoms with Gasteiger partial charge in [0, 0.05) is 24.4 Å². The molecule has 1 rings (SSSR count). The molecule has 0 saturated heterocycles. The first-order chi connectivity index (χ1) is 6.77. The normalized spacial score (nSPS) is 27.4. The second-order valence-electron chi connectivity index (χ2n) is 4.10.